The molecule has 5 heteroatoms. The number of nitrogens with one attached hydrogen (secondary N) is 1. The molecule has 1 fully saturated rings. The summed E-state index contributed by atoms with van der Waals surface area (Å²) in [5.74, 6) is 1.38. The lowest BCUT2D eigenvalue weighted by Gasteiger charge is -2.19. The molecule has 1 aliphatic rings. The van der Waals surface area contributed by atoms with Crippen molar-refractivity contribution < 1.29 is 10.0 Å². The van der Waals surface area contributed by atoms with Crippen molar-refractivity contribution in [1.29, 1.82) is 0 Å². The van der Waals surface area contributed by atoms with Gasteiger partial charge in [0.15, 0.2) is 0 Å². The first-order valence-electron chi connectivity index (χ1n) is 7.71. The summed E-state index contributed by atoms with van der Waals surface area (Å²) in [4.78, 5) is 10.6. The SMILES string of the molecule is CC(C)C1CCCC(Nc2ccc(O)cc2[N+](=O)[O-])CC1. The Bertz CT molecular complexity index is 502. The lowest BCUT2D eigenvalue weighted by atomic mass is 9.89. The Morgan fingerprint density at radius 3 is 2.71 bits per heavy atom. The van der Waals surface area contributed by atoms with Gasteiger partial charge in [-0.05, 0) is 43.2 Å². The third kappa shape index (κ3) is 4.09. The molecule has 0 aliphatic heterocycles. The fourth-order valence-electron chi connectivity index (χ4n) is 3.15. The molecule has 0 heterocycles. The lowest BCUT2D eigenvalue weighted by Crippen LogP contribution is -2.19. The molecular weight excluding hydrogens is 268 g/mol. The highest BCUT2D eigenvalue weighted by molar-refractivity contribution is 5.64. The van der Waals surface area contributed by atoms with Gasteiger partial charge in [-0.1, -0.05) is 26.7 Å². The Morgan fingerprint density at radius 2 is 2.05 bits per heavy atom. The average molecular weight is 292 g/mol. The van der Waals surface area contributed by atoms with Crippen LogP contribution < -0.4 is 5.32 Å². The summed E-state index contributed by atoms with van der Waals surface area (Å²) in [5, 5.41) is 23.8. The number of aromatic hydroxyl groups is 1. The van der Waals surface area contributed by atoms with Crippen LogP contribution in [0.15, 0.2) is 18.2 Å². The van der Waals surface area contributed by atoms with Gasteiger partial charge in [-0.25, -0.2) is 0 Å². The molecule has 0 spiro atoms. The maximum atomic E-state index is 11.1. The van der Waals surface area contributed by atoms with Crippen molar-refractivity contribution >= 4 is 11.4 Å². The second-order valence-corrected chi connectivity index (χ2v) is 6.31. The van der Waals surface area contributed by atoms with Crippen LogP contribution in [0.1, 0.15) is 46.0 Å². The molecule has 0 bridgehead atoms. The number of benzene rings is 1. The quantitative estimate of drug-likeness (QED) is 0.375. The third-order valence-corrected chi connectivity index (χ3v) is 4.49. The molecule has 0 aromatic heterocycles. The van der Waals surface area contributed by atoms with Crippen LogP contribution in [0, 0.1) is 22.0 Å². The largest absolute Gasteiger partial charge is 0.508 e. The van der Waals surface area contributed by atoms with Gasteiger partial charge < -0.3 is 10.4 Å². The summed E-state index contributed by atoms with van der Waals surface area (Å²) in [6.45, 7) is 4.53. The van der Waals surface area contributed by atoms with Gasteiger partial charge in [0.25, 0.3) is 5.69 Å². The van der Waals surface area contributed by atoms with Gasteiger partial charge in [0.2, 0.25) is 0 Å². The Labute approximate surface area is 125 Å². The van der Waals surface area contributed by atoms with E-state index < -0.39 is 4.92 Å². The molecular formula is C16H24N2O3. The van der Waals surface area contributed by atoms with Crippen LogP contribution >= 0.6 is 0 Å². The van der Waals surface area contributed by atoms with Gasteiger partial charge in [-0.15, -0.1) is 0 Å². The molecule has 0 amide bonds. The minimum atomic E-state index is -0.449. The number of nitrogens with zero attached hydrogens (tertiary/aromatic N) is 1. The first kappa shape index (κ1) is 15.6. The second kappa shape index (κ2) is 6.78. The predicted molar refractivity (Wildman–Crippen MR) is 83.6 cm³/mol. The summed E-state index contributed by atoms with van der Waals surface area (Å²) < 4.78 is 0. The number of nitro benzene ring substituents is 1. The van der Waals surface area contributed by atoms with Gasteiger partial charge in [0.1, 0.15) is 11.4 Å². The van der Waals surface area contributed by atoms with E-state index in [1.54, 1.807) is 6.07 Å². The minimum Gasteiger partial charge on any atom is -0.508 e. The molecule has 1 saturated carbocycles. The highest BCUT2D eigenvalue weighted by Crippen LogP contribution is 2.33. The van der Waals surface area contributed by atoms with Crippen LogP contribution in [0.2, 0.25) is 0 Å². The second-order valence-electron chi connectivity index (χ2n) is 6.31. The fraction of sp³-hybridized carbons (Fsp3) is 0.625. The molecule has 2 N–H and O–H groups in total. The topological polar surface area (TPSA) is 75.4 Å². The van der Waals surface area contributed by atoms with Gasteiger partial charge in [0.05, 0.1) is 11.0 Å². The van der Waals surface area contributed by atoms with Crippen molar-refractivity contribution in [2.75, 3.05) is 5.32 Å². The number of phenolic OH excluding ortho intramolecular Hbond substituents is 1. The molecule has 2 atom stereocenters. The molecule has 2 rings (SSSR count). The monoisotopic (exact) mass is 292 g/mol. The van der Waals surface area contributed by atoms with E-state index in [9.17, 15) is 15.2 Å². The third-order valence-electron chi connectivity index (χ3n) is 4.49. The van der Waals surface area contributed by atoms with E-state index in [4.69, 9.17) is 0 Å². The molecule has 116 valence electrons. The first-order valence-corrected chi connectivity index (χ1v) is 7.71. The molecule has 2 unspecified atom stereocenters. The normalized spacial score (nSPS) is 22.8. The Balaban J connectivity index is 2.06. The maximum absolute atomic E-state index is 11.1. The Kier molecular flexibility index (Phi) is 5.04. The molecule has 1 aromatic rings. The molecule has 0 radical (unpaired) electrons. The summed E-state index contributed by atoms with van der Waals surface area (Å²) in [5.41, 5.74) is 0.449. The molecule has 1 aromatic carbocycles. The summed E-state index contributed by atoms with van der Waals surface area (Å²) in [7, 11) is 0. The van der Waals surface area contributed by atoms with Crippen LogP contribution in [0.25, 0.3) is 0 Å². The van der Waals surface area contributed by atoms with Gasteiger partial charge >= 0.3 is 0 Å². The fourth-order valence-corrected chi connectivity index (χ4v) is 3.15. The first-order chi connectivity index (χ1) is 9.97. The van der Waals surface area contributed by atoms with Crippen LogP contribution in [-0.4, -0.2) is 16.1 Å². The highest BCUT2D eigenvalue weighted by Gasteiger charge is 2.23. The minimum absolute atomic E-state index is 0.0559. The van der Waals surface area contributed by atoms with Crippen LogP contribution in [0.5, 0.6) is 5.75 Å². The van der Waals surface area contributed by atoms with E-state index in [-0.39, 0.29) is 17.5 Å². The molecule has 1 aliphatic carbocycles. The van der Waals surface area contributed by atoms with E-state index >= 15 is 0 Å². The van der Waals surface area contributed by atoms with Crippen LogP contribution in [0.3, 0.4) is 0 Å². The van der Waals surface area contributed by atoms with E-state index in [0.29, 0.717) is 11.6 Å². The average Bonchev–Trinajstić information content (AvgIpc) is 2.66. The number of nitro groups is 1. The smallest absolute Gasteiger partial charge is 0.296 e. The van der Waals surface area contributed by atoms with E-state index in [0.717, 1.165) is 25.2 Å². The lowest BCUT2D eigenvalue weighted by molar-refractivity contribution is -0.384. The van der Waals surface area contributed by atoms with Crippen LogP contribution in [-0.2, 0) is 0 Å². The van der Waals surface area contributed by atoms with Gasteiger partial charge in [0, 0.05) is 6.04 Å². The number of anilines is 1. The van der Waals surface area contributed by atoms with Crippen molar-refractivity contribution in [3.63, 3.8) is 0 Å². The van der Waals surface area contributed by atoms with Crippen LogP contribution in [0.4, 0.5) is 11.4 Å². The van der Waals surface area contributed by atoms with Gasteiger partial charge in [-0.3, -0.25) is 10.1 Å². The summed E-state index contributed by atoms with van der Waals surface area (Å²) in [6, 6.07) is 4.56. The summed E-state index contributed by atoms with van der Waals surface area (Å²) >= 11 is 0. The number of rotatable bonds is 4. The number of hydrogen-bond acceptors (Lipinski definition) is 4. The van der Waals surface area contributed by atoms with E-state index in [2.05, 4.69) is 19.2 Å². The predicted octanol–water partition coefficient (Wildman–Crippen LogP) is 4.32. The molecule has 5 nitrogen and oxygen atoms in total. The van der Waals surface area contributed by atoms with Crippen molar-refractivity contribution in [2.45, 2.75) is 52.0 Å². The zero-order chi connectivity index (χ0) is 15.4. The standard InChI is InChI=1S/C16H24N2O3/c1-11(2)12-4-3-5-13(7-6-12)17-15-9-8-14(19)10-16(15)18(20)21/h8-13,17,19H,3-7H2,1-2H3. The zero-order valence-electron chi connectivity index (χ0n) is 12.7. The van der Waals surface area contributed by atoms with E-state index in [1.807, 2.05) is 0 Å². The van der Waals surface area contributed by atoms with Crippen molar-refractivity contribution in [2.24, 2.45) is 11.8 Å². The van der Waals surface area contributed by atoms with Crippen molar-refractivity contribution in [3.8, 4) is 5.75 Å². The number of phenols is 1. The van der Waals surface area contributed by atoms with Gasteiger partial charge in [-0.2, -0.15) is 0 Å². The number of hydrogen-bond donors (Lipinski definition) is 2. The Hall–Kier alpha value is -1.78. The Morgan fingerprint density at radius 1 is 1.29 bits per heavy atom. The van der Waals surface area contributed by atoms with Crippen molar-refractivity contribution in [1.82, 2.24) is 0 Å². The zero-order valence-corrected chi connectivity index (χ0v) is 12.7. The highest BCUT2D eigenvalue weighted by atomic mass is 16.6. The molecule has 0 saturated heterocycles. The molecule has 21 heavy (non-hydrogen) atoms. The van der Waals surface area contributed by atoms with Crippen molar-refractivity contribution in [3.05, 3.63) is 28.3 Å². The van der Waals surface area contributed by atoms with E-state index in [1.165, 1.54) is 25.0 Å². The summed E-state index contributed by atoms with van der Waals surface area (Å²) in [6.07, 6.45) is 5.66. The maximum Gasteiger partial charge on any atom is 0.296 e.